The summed E-state index contributed by atoms with van der Waals surface area (Å²) in [4.78, 5) is 4.89. The van der Waals surface area contributed by atoms with Gasteiger partial charge in [-0.15, -0.1) is 0 Å². The predicted octanol–water partition coefficient (Wildman–Crippen LogP) is 2.50. The van der Waals surface area contributed by atoms with Crippen molar-refractivity contribution in [3.8, 4) is 5.75 Å². The van der Waals surface area contributed by atoms with E-state index >= 15 is 0 Å². The maximum atomic E-state index is 5.70. The number of nitrogens with zero attached hydrogens (tertiary/aromatic N) is 2. The fourth-order valence-corrected chi connectivity index (χ4v) is 2.91. The van der Waals surface area contributed by atoms with Gasteiger partial charge < -0.3 is 19.3 Å². The van der Waals surface area contributed by atoms with Crippen LogP contribution in [0.4, 0.5) is 0 Å². The molecule has 1 aromatic carbocycles. The van der Waals surface area contributed by atoms with E-state index in [2.05, 4.69) is 23.9 Å². The molecule has 0 amide bonds. The monoisotopic (exact) mass is 306 g/mol. The minimum Gasteiger partial charge on any atom is -0.491 e. The zero-order valence-corrected chi connectivity index (χ0v) is 14.0. The summed E-state index contributed by atoms with van der Waals surface area (Å²) in [7, 11) is 4.38. The summed E-state index contributed by atoms with van der Waals surface area (Å²) >= 11 is 0. The molecule has 4 heteroatoms. The van der Waals surface area contributed by atoms with Gasteiger partial charge in [-0.1, -0.05) is 18.2 Å². The molecule has 124 valence electrons. The minimum absolute atomic E-state index is 0.618. The Balaban J connectivity index is 1.51. The minimum atomic E-state index is 0.618. The summed E-state index contributed by atoms with van der Waals surface area (Å²) in [5.41, 5.74) is 0. The van der Waals surface area contributed by atoms with Gasteiger partial charge in [-0.3, -0.25) is 0 Å². The van der Waals surface area contributed by atoms with Gasteiger partial charge in [-0.05, 0) is 58.6 Å². The first-order chi connectivity index (χ1) is 10.8. The normalized spacial score (nSPS) is 20.0. The van der Waals surface area contributed by atoms with Crippen molar-refractivity contribution in [2.75, 3.05) is 53.6 Å². The first kappa shape index (κ1) is 17.3. The van der Waals surface area contributed by atoms with Crippen molar-refractivity contribution >= 4 is 0 Å². The van der Waals surface area contributed by atoms with Gasteiger partial charge in [0, 0.05) is 12.6 Å². The maximum Gasteiger partial charge on any atom is 0.119 e. The van der Waals surface area contributed by atoms with Crippen molar-refractivity contribution in [1.29, 1.82) is 0 Å². The Morgan fingerprint density at radius 2 is 1.86 bits per heavy atom. The second kappa shape index (κ2) is 9.82. The molecule has 1 unspecified atom stereocenters. The molecule has 1 aliphatic heterocycles. The third kappa shape index (κ3) is 6.34. The molecule has 1 atom stereocenters. The molecule has 0 spiro atoms. The summed E-state index contributed by atoms with van der Waals surface area (Å²) in [6, 6.07) is 10.6. The molecule has 1 saturated heterocycles. The van der Waals surface area contributed by atoms with Crippen LogP contribution in [-0.4, -0.2) is 69.4 Å². The van der Waals surface area contributed by atoms with Crippen LogP contribution in [0.25, 0.3) is 0 Å². The smallest absolute Gasteiger partial charge is 0.119 e. The van der Waals surface area contributed by atoms with Gasteiger partial charge in [0.05, 0.1) is 13.2 Å². The molecule has 0 aliphatic carbocycles. The van der Waals surface area contributed by atoms with E-state index in [9.17, 15) is 0 Å². The van der Waals surface area contributed by atoms with Crippen molar-refractivity contribution in [3.63, 3.8) is 0 Å². The van der Waals surface area contributed by atoms with Crippen LogP contribution in [-0.2, 0) is 4.74 Å². The molecule has 0 radical (unpaired) electrons. The average molecular weight is 306 g/mol. The number of benzene rings is 1. The molecule has 1 aliphatic rings. The second-order valence-corrected chi connectivity index (χ2v) is 6.16. The van der Waals surface area contributed by atoms with Crippen LogP contribution in [0, 0.1) is 0 Å². The van der Waals surface area contributed by atoms with E-state index in [4.69, 9.17) is 9.47 Å². The van der Waals surface area contributed by atoms with Gasteiger partial charge in [0.25, 0.3) is 0 Å². The Hall–Kier alpha value is -1.10. The Bertz CT molecular complexity index is 397. The summed E-state index contributed by atoms with van der Waals surface area (Å²) in [6.07, 6.45) is 3.87. The SMILES string of the molecule is CN(C)C1CCCN(CCOCCOc2ccccc2)CC1. The number of para-hydroxylation sites is 1. The molecule has 0 bridgehead atoms. The van der Waals surface area contributed by atoms with E-state index < -0.39 is 0 Å². The van der Waals surface area contributed by atoms with Crippen molar-refractivity contribution < 1.29 is 9.47 Å². The second-order valence-electron chi connectivity index (χ2n) is 6.16. The van der Waals surface area contributed by atoms with E-state index in [-0.39, 0.29) is 0 Å². The van der Waals surface area contributed by atoms with Crippen LogP contribution >= 0.6 is 0 Å². The molecule has 22 heavy (non-hydrogen) atoms. The average Bonchev–Trinajstić information content (AvgIpc) is 2.77. The highest BCUT2D eigenvalue weighted by molar-refractivity contribution is 5.20. The largest absolute Gasteiger partial charge is 0.491 e. The molecule has 1 heterocycles. The maximum absolute atomic E-state index is 5.70. The van der Waals surface area contributed by atoms with Crippen molar-refractivity contribution in [3.05, 3.63) is 30.3 Å². The molecule has 0 N–H and O–H groups in total. The van der Waals surface area contributed by atoms with Crippen LogP contribution in [0.1, 0.15) is 19.3 Å². The van der Waals surface area contributed by atoms with Gasteiger partial charge >= 0.3 is 0 Å². The van der Waals surface area contributed by atoms with E-state index in [0.717, 1.165) is 24.9 Å². The third-order valence-electron chi connectivity index (χ3n) is 4.31. The van der Waals surface area contributed by atoms with E-state index in [1.54, 1.807) is 0 Å². The molecule has 0 saturated carbocycles. The molecular formula is C18H30N2O2. The summed E-state index contributed by atoms with van der Waals surface area (Å²) in [5.74, 6) is 0.911. The summed E-state index contributed by atoms with van der Waals surface area (Å²) in [6.45, 7) is 5.49. The highest BCUT2D eigenvalue weighted by atomic mass is 16.5. The summed E-state index contributed by atoms with van der Waals surface area (Å²) < 4.78 is 11.3. The predicted molar refractivity (Wildman–Crippen MR) is 90.5 cm³/mol. The topological polar surface area (TPSA) is 24.9 Å². The lowest BCUT2D eigenvalue weighted by Crippen LogP contribution is -2.31. The van der Waals surface area contributed by atoms with E-state index in [1.807, 2.05) is 30.3 Å². The first-order valence-electron chi connectivity index (χ1n) is 8.40. The van der Waals surface area contributed by atoms with Crippen molar-refractivity contribution in [2.24, 2.45) is 0 Å². The fourth-order valence-electron chi connectivity index (χ4n) is 2.91. The van der Waals surface area contributed by atoms with Crippen LogP contribution in [0.3, 0.4) is 0 Å². The standard InChI is InChI=1S/C18H30N2O2/c1-19(2)17-7-6-11-20(12-10-17)13-14-21-15-16-22-18-8-4-3-5-9-18/h3-5,8-9,17H,6-7,10-16H2,1-2H3. The first-order valence-corrected chi connectivity index (χ1v) is 8.40. The lowest BCUT2D eigenvalue weighted by Gasteiger charge is -2.23. The van der Waals surface area contributed by atoms with Gasteiger partial charge in [0.2, 0.25) is 0 Å². The highest BCUT2D eigenvalue weighted by Crippen LogP contribution is 2.14. The van der Waals surface area contributed by atoms with Gasteiger partial charge in [0.1, 0.15) is 12.4 Å². The van der Waals surface area contributed by atoms with Gasteiger partial charge in [-0.2, -0.15) is 0 Å². The number of ether oxygens (including phenoxy) is 2. The highest BCUT2D eigenvalue weighted by Gasteiger charge is 2.17. The van der Waals surface area contributed by atoms with Crippen molar-refractivity contribution in [2.45, 2.75) is 25.3 Å². The molecule has 4 nitrogen and oxygen atoms in total. The number of likely N-dealkylation sites (tertiary alicyclic amines) is 1. The Labute approximate surface area is 135 Å². The van der Waals surface area contributed by atoms with E-state index in [0.29, 0.717) is 13.2 Å². The molecule has 0 aromatic heterocycles. The lowest BCUT2D eigenvalue weighted by molar-refractivity contribution is 0.0800. The fraction of sp³-hybridized carbons (Fsp3) is 0.667. The molecule has 2 rings (SSSR count). The summed E-state index contributed by atoms with van der Waals surface area (Å²) in [5, 5.41) is 0. The van der Waals surface area contributed by atoms with E-state index in [1.165, 1.54) is 32.4 Å². The van der Waals surface area contributed by atoms with Crippen molar-refractivity contribution in [1.82, 2.24) is 9.80 Å². The molecule has 1 fully saturated rings. The van der Waals surface area contributed by atoms with Crippen LogP contribution in [0.5, 0.6) is 5.75 Å². The number of hydrogen-bond acceptors (Lipinski definition) is 4. The number of rotatable bonds is 8. The lowest BCUT2D eigenvalue weighted by atomic mass is 10.1. The van der Waals surface area contributed by atoms with Crippen LogP contribution in [0.2, 0.25) is 0 Å². The molecular weight excluding hydrogens is 276 g/mol. The van der Waals surface area contributed by atoms with Gasteiger partial charge in [-0.25, -0.2) is 0 Å². The Morgan fingerprint density at radius 3 is 2.64 bits per heavy atom. The van der Waals surface area contributed by atoms with Gasteiger partial charge in [0.15, 0.2) is 0 Å². The quantitative estimate of drug-likeness (QED) is 0.689. The molecule has 1 aromatic rings. The Kier molecular flexibility index (Phi) is 7.71. The van der Waals surface area contributed by atoms with Crippen LogP contribution in [0.15, 0.2) is 30.3 Å². The number of hydrogen-bond donors (Lipinski definition) is 0. The zero-order valence-electron chi connectivity index (χ0n) is 14.0. The zero-order chi connectivity index (χ0) is 15.6. The van der Waals surface area contributed by atoms with Crippen LogP contribution < -0.4 is 4.74 Å². The Morgan fingerprint density at radius 1 is 1.05 bits per heavy atom. The third-order valence-corrected chi connectivity index (χ3v) is 4.31.